The molecule has 1 atom stereocenters. The SMILES string of the molecule is CC.CC.O=C(N1CCCCC1Cc1ccccc1)n1ccnn1. The van der Waals surface area contributed by atoms with E-state index in [1.807, 2.05) is 50.8 Å². The van der Waals surface area contributed by atoms with E-state index in [0.29, 0.717) is 0 Å². The maximum Gasteiger partial charge on any atom is 0.346 e. The van der Waals surface area contributed by atoms with Crippen LogP contribution in [0.3, 0.4) is 0 Å². The standard InChI is InChI=1S/C15H18N4O.2C2H6/c20-15(19-11-9-16-17-19)18-10-5-4-8-14(18)12-13-6-2-1-3-7-13;2*1-2/h1-3,6-7,9,11,14H,4-5,8,10,12H2;2*1-2H3. The van der Waals surface area contributed by atoms with Crippen LogP contribution in [0.4, 0.5) is 4.79 Å². The maximum atomic E-state index is 12.4. The normalized spacial score (nSPS) is 16.3. The average Bonchev–Trinajstić information content (AvgIpc) is 3.21. The molecule has 5 heteroatoms. The van der Waals surface area contributed by atoms with Crippen molar-refractivity contribution >= 4 is 6.03 Å². The molecule has 24 heavy (non-hydrogen) atoms. The highest BCUT2D eigenvalue weighted by Gasteiger charge is 2.28. The van der Waals surface area contributed by atoms with Crippen LogP contribution >= 0.6 is 0 Å². The molecule has 0 aliphatic carbocycles. The van der Waals surface area contributed by atoms with E-state index in [0.717, 1.165) is 25.8 Å². The van der Waals surface area contributed by atoms with Gasteiger partial charge in [-0.3, -0.25) is 0 Å². The van der Waals surface area contributed by atoms with Crippen LogP contribution in [0.5, 0.6) is 0 Å². The number of likely N-dealkylation sites (tertiary alicyclic amines) is 1. The molecule has 1 amide bonds. The molecule has 1 aromatic carbocycles. The van der Waals surface area contributed by atoms with Crippen LogP contribution in [0.15, 0.2) is 42.7 Å². The first-order valence-electron chi connectivity index (χ1n) is 9.06. The lowest BCUT2D eigenvalue weighted by molar-refractivity contribution is 0.149. The molecule has 1 unspecified atom stereocenters. The maximum absolute atomic E-state index is 12.4. The van der Waals surface area contributed by atoms with E-state index < -0.39 is 0 Å². The van der Waals surface area contributed by atoms with E-state index in [4.69, 9.17) is 0 Å². The Morgan fingerprint density at radius 1 is 1.12 bits per heavy atom. The number of hydrogen-bond acceptors (Lipinski definition) is 3. The third-order valence-corrected chi connectivity index (χ3v) is 3.81. The average molecular weight is 330 g/mol. The fourth-order valence-electron chi connectivity index (χ4n) is 2.79. The number of rotatable bonds is 2. The second kappa shape index (κ2) is 11.4. The minimum atomic E-state index is -0.0665. The summed E-state index contributed by atoms with van der Waals surface area (Å²) in [6, 6.07) is 10.5. The first-order chi connectivity index (χ1) is 11.8. The van der Waals surface area contributed by atoms with Gasteiger partial charge < -0.3 is 4.90 Å². The minimum absolute atomic E-state index is 0.0665. The molecule has 0 spiro atoms. The quantitative estimate of drug-likeness (QED) is 0.820. The summed E-state index contributed by atoms with van der Waals surface area (Å²) in [5.41, 5.74) is 1.27. The van der Waals surface area contributed by atoms with Crippen LogP contribution in [-0.2, 0) is 6.42 Å². The summed E-state index contributed by atoms with van der Waals surface area (Å²) < 4.78 is 1.32. The van der Waals surface area contributed by atoms with Gasteiger partial charge in [0.2, 0.25) is 0 Å². The molecule has 0 N–H and O–H groups in total. The van der Waals surface area contributed by atoms with Crippen molar-refractivity contribution in [2.45, 2.75) is 59.4 Å². The van der Waals surface area contributed by atoms with Crippen molar-refractivity contribution in [1.82, 2.24) is 19.9 Å². The third kappa shape index (κ3) is 5.48. The molecule has 0 saturated carbocycles. The summed E-state index contributed by atoms with van der Waals surface area (Å²) in [7, 11) is 0. The largest absolute Gasteiger partial charge is 0.346 e. The topological polar surface area (TPSA) is 51.0 Å². The van der Waals surface area contributed by atoms with Crippen LogP contribution in [0.1, 0.15) is 52.5 Å². The zero-order valence-electron chi connectivity index (χ0n) is 15.4. The molecule has 5 nitrogen and oxygen atoms in total. The van der Waals surface area contributed by atoms with Crippen molar-refractivity contribution < 1.29 is 4.79 Å². The van der Waals surface area contributed by atoms with Gasteiger partial charge in [-0.2, -0.15) is 4.68 Å². The van der Waals surface area contributed by atoms with Crippen molar-refractivity contribution in [3.8, 4) is 0 Å². The molecular weight excluding hydrogens is 300 g/mol. The molecule has 0 radical (unpaired) electrons. The molecule has 1 fully saturated rings. The van der Waals surface area contributed by atoms with Crippen molar-refractivity contribution in [2.24, 2.45) is 0 Å². The first kappa shape index (κ1) is 19.9. The van der Waals surface area contributed by atoms with Crippen LogP contribution in [0.25, 0.3) is 0 Å². The number of carbonyl (C=O) groups is 1. The van der Waals surface area contributed by atoms with Gasteiger partial charge >= 0.3 is 6.03 Å². The lowest BCUT2D eigenvalue weighted by Gasteiger charge is -2.35. The van der Waals surface area contributed by atoms with Gasteiger partial charge in [0.15, 0.2) is 0 Å². The number of amides is 1. The Bertz CT molecular complexity index is 554. The second-order valence-corrected chi connectivity index (χ2v) is 5.16. The summed E-state index contributed by atoms with van der Waals surface area (Å²) in [5.74, 6) is 0. The predicted molar refractivity (Wildman–Crippen MR) is 98.0 cm³/mol. The van der Waals surface area contributed by atoms with Crippen molar-refractivity contribution in [3.05, 3.63) is 48.3 Å². The minimum Gasteiger partial charge on any atom is -0.320 e. The summed E-state index contributed by atoms with van der Waals surface area (Å²) in [6.45, 7) is 8.80. The Morgan fingerprint density at radius 2 is 1.83 bits per heavy atom. The molecule has 1 aliphatic rings. The highest BCUT2D eigenvalue weighted by molar-refractivity contribution is 5.76. The Hall–Kier alpha value is -2.17. The van der Waals surface area contributed by atoms with E-state index in [2.05, 4.69) is 22.4 Å². The lowest BCUT2D eigenvalue weighted by Crippen LogP contribution is -2.46. The van der Waals surface area contributed by atoms with Crippen LogP contribution in [-0.4, -0.2) is 38.5 Å². The third-order valence-electron chi connectivity index (χ3n) is 3.81. The molecule has 3 rings (SSSR count). The number of piperidine rings is 1. The first-order valence-corrected chi connectivity index (χ1v) is 9.06. The number of hydrogen-bond donors (Lipinski definition) is 0. The highest BCUT2D eigenvalue weighted by Crippen LogP contribution is 2.21. The zero-order chi connectivity index (χ0) is 17.8. The molecule has 2 heterocycles. The van der Waals surface area contributed by atoms with Crippen molar-refractivity contribution in [1.29, 1.82) is 0 Å². The lowest BCUT2D eigenvalue weighted by atomic mass is 9.96. The fourth-order valence-corrected chi connectivity index (χ4v) is 2.79. The number of benzene rings is 1. The van der Waals surface area contributed by atoms with E-state index in [1.165, 1.54) is 22.9 Å². The molecule has 0 bridgehead atoms. The van der Waals surface area contributed by atoms with E-state index in [9.17, 15) is 4.79 Å². The van der Waals surface area contributed by atoms with Crippen LogP contribution in [0.2, 0.25) is 0 Å². The van der Waals surface area contributed by atoms with Gasteiger partial charge in [0, 0.05) is 12.6 Å². The Kier molecular flexibility index (Phi) is 9.42. The molecule has 132 valence electrons. The Morgan fingerprint density at radius 3 is 2.46 bits per heavy atom. The zero-order valence-corrected chi connectivity index (χ0v) is 15.4. The van der Waals surface area contributed by atoms with E-state index >= 15 is 0 Å². The van der Waals surface area contributed by atoms with Gasteiger partial charge in [-0.25, -0.2) is 4.79 Å². The summed E-state index contributed by atoms with van der Waals surface area (Å²) in [5, 5.41) is 7.52. The molecule has 1 aliphatic heterocycles. The van der Waals surface area contributed by atoms with Gasteiger partial charge in [0.05, 0.1) is 12.4 Å². The van der Waals surface area contributed by atoms with Crippen molar-refractivity contribution in [2.75, 3.05) is 6.54 Å². The Labute approximate surface area is 145 Å². The monoisotopic (exact) mass is 330 g/mol. The van der Waals surface area contributed by atoms with Gasteiger partial charge in [-0.1, -0.05) is 63.2 Å². The highest BCUT2D eigenvalue weighted by atomic mass is 16.2. The molecular formula is C19H30N4O. The van der Waals surface area contributed by atoms with Gasteiger partial charge in [-0.15, -0.1) is 5.10 Å². The summed E-state index contributed by atoms with van der Waals surface area (Å²) in [6.07, 6.45) is 7.34. The second-order valence-electron chi connectivity index (χ2n) is 5.16. The van der Waals surface area contributed by atoms with Crippen molar-refractivity contribution in [3.63, 3.8) is 0 Å². The fraction of sp³-hybridized carbons (Fsp3) is 0.526. The van der Waals surface area contributed by atoms with E-state index in [1.54, 1.807) is 6.20 Å². The van der Waals surface area contributed by atoms with Gasteiger partial charge in [-0.05, 0) is 31.2 Å². The number of aromatic nitrogens is 3. The number of carbonyl (C=O) groups excluding carboxylic acids is 1. The molecule has 2 aromatic rings. The van der Waals surface area contributed by atoms with Gasteiger partial charge in [0.25, 0.3) is 0 Å². The van der Waals surface area contributed by atoms with Gasteiger partial charge in [0.1, 0.15) is 0 Å². The predicted octanol–water partition coefficient (Wildman–Crippen LogP) is 4.40. The smallest absolute Gasteiger partial charge is 0.320 e. The van der Waals surface area contributed by atoms with E-state index in [-0.39, 0.29) is 12.1 Å². The molecule has 1 aromatic heterocycles. The molecule has 1 saturated heterocycles. The van der Waals surface area contributed by atoms with Crippen LogP contribution < -0.4 is 0 Å². The Balaban J connectivity index is 0.000000671. The van der Waals surface area contributed by atoms with Crippen LogP contribution in [0, 0.1) is 0 Å². The summed E-state index contributed by atoms with van der Waals surface area (Å²) >= 11 is 0. The number of nitrogens with zero attached hydrogens (tertiary/aromatic N) is 4. The summed E-state index contributed by atoms with van der Waals surface area (Å²) in [4.78, 5) is 14.4.